The van der Waals surface area contributed by atoms with Crippen molar-refractivity contribution < 1.29 is 4.74 Å². The van der Waals surface area contributed by atoms with Crippen molar-refractivity contribution in [3.63, 3.8) is 0 Å². The molecule has 0 aromatic rings. The highest BCUT2D eigenvalue weighted by Gasteiger charge is 2.28. The van der Waals surface area contributed by atoms with E-state index in [-0.39, 0.29) is 5.54 Å². The van der Waals surface area contributed by atoms with Gasteiger partial charge < -0.3 is 10.1 Å². The number of hydrogen-bond acceptors (Lipinski definition) is 4. The Balaban J connectivity index is 1.90. The maximum absolute atomic E-state index is 5.34. The predicted octanol–water partition coefficient (Wildman–Crippen LogP) is 1.25. The highest BCUT2D eigenvalue weighted by molar-refractivity contribution is 8.14. The van der Waals surface area contributed by atoms with E-state index in [1.165, 1.54) is 0 Å². The Morgan fingerprint density at radius 2 is 2.23 bits per heavy atom. The van der Waals surface area contributed by atoms with Crippen molar-refractivity contribution >= 4 is 16.9 Å². The molecule has 0 unspecified atom stereocenters. The van der Waals surface area contributed by atoms with Crippen LogP contribution in [-0.2, 0) is 4.74 Å². The molecule has 1 N–H and O–H groups in total. The third-order valence-corrected chi connectivity index (χ3v) is 3.48. The number of amidine groups is 1. The molecule has 0 aromatic heterocycles. The Labute approximate surface area is 83.3 Å². The quantitative estimate of drug-likeness (QED) is 0.691. The van der Waals surface area contributed by atoms with E-state index in [9.17, 15) is 0 Å². The number of nitrogens with one attached hydrogen (secondary N) is 1. The number of rotatable bonds is 1. The van der Waals surface area contributed by atoms with E-state index in [4.69, 9.17) is 4.74 Å². The van der Waals surface area contributed by atoms with Crippen molar-refractivity contribution in [3.8, 4) is 0 Å². The standard InChI is InChI=1S/C9H16N2OS/c1-9(2-5-12-6-3-9)11-8-10-4-7-13-8/h2-7H2,1H3,(H,10,11). The summed E-state index contributed by atoms with van der Waals surface area (Å²) in [6, 6.07) is 0. The van der Waals surface area contributed by atoms with Crippen LogP contribution in [0.4, 0.5) is 0 Å². The van der Waals surface area contributed by atoms with E-state index >= 15 is 0 Å². The lowest BCUT2D eigenvalue weighted by molar-refractivity contribution is 0.0528. The number of aliphatic imine (C=N–C) groups is 1. The van der Waals surface area contributed by atoms with Crippen LogP contribution in [-0.4, -0.2) is 36.2 Å². The van der Waals surface area contributed by atoms with Crippen LogP contribution in [0.1, 0.15) is 19.8 Å². The lowest BCUT2D eigenvalue weighted by atomic mass is 9.93. The SMILES string of the molecule is CC1(NC2=NCCS2)CCOCC1. The van der Waals surface area contributed by atoms with Crippen LogP contribution in [0.25, 0.3) is 0 Å². The van der Waals surface area contributed by atoms with E-state index in [1.807, 2.05) is 11.8 Å². The summed E-state index contributed by atoms with van der Waals surface area (Å²) < 4.78 is 5.34. The van der Waals surface area contributed by atoms with Gasteiger partial charge in [-0.1, -0.05) is 11.8 Å². The van der Waals surface area contributed by atoms with E-state index in [0.717, 1.165) is 43.5 Å². The van der Waals surface area contributed by atoms with Crippen LogP contribution < -0.4 is 5.32 Å². The third kappa shape index (κ3) is 2.38. The number of hydrogen-bond donors (Lipinski definition) is 1. The molecule has 0 bridgehead atoms. The van der Waals surface area contributed by atoms with Gasteiger partial charge in [0.05, 0.1) is 6.54 Å². The van der Waals surface area contributed by atoms with Gasteiger partial charge in [-0.05, 0) is 19.8 Å². The summed E-state index contributed by atoms with van der Waals surface area (Å²) in [5, 5.41) is 4.66. The molecule has 0 amide bonds. The molecule has 0 aliphatic carbocycles. The highest BCUT2D eigenvalue weighted by Crippen LogP contribution is 2.22. The summed E-state index contributed by atoms with van der Waals surface area (Å²) in [6.07, 6.45) is 2.18. The van der Waals surface area contributed by atoms with Crippen molar-refractivity contribution in [3.05, 3.63) is 0 Å². The summed E-state index contributed by atoms with van der Waals surface area (Å²) in [5.41, 5.74) is 0.217. The summed E-state index contributed by atoms with van der Waals surface area (Å²) in [5.74, 6) is 1.13. The number of thioether (sulfide) groups is 1. The zero-order valence-electron chi connectivity index (χ0n) is 8.01. The molecule has 3 nitrogen and oxygen atoms in total. The minimum Gasteiger partial charge on any atom is -0.381 e. The largest absolute Gasteiger partial charge is 0.381 e. The molecule has 0 atom stereocenters. The van der Waals surface area contributed by atoms with E-state index in [1.54, 1.807) is 0 Å². The molecule has 2 heterocycles. The van der Waals surface area contributed by atoms with Crippen LogP contribution >= 0.6 is 11.8 Å². The first-order valence-corrected chi connectivity index (χ1v) is 5.80. The van der Waals surface area contributed by atoms with Crippen LogP contribution in [0, 0.1) is 0 Å². The predicted molar refractivity (Wildman–Crippen MR) is 56.4 cm³/mol. The lowest BCUT2D eigenvalue weighted by Gasteiger charge is -2.34. The van der Waals surface area contributed by atoms with Crippen molar-refractivity contribution in [1.29, 1.82) is 0 Å². The van der Waals surface area contributed by atoms with Gasteiger partial charge in [-0.2, -0.15) is 0 Å². The number of nitrogens with zero attached hydrogens (tertiary/aromatic N) is 1. The first kappa shape index (κ1) is 9.34. The molecule has 2 aliphatic heterocycles. The first-order chi connectivity index (χ1) is 6.29. The van der Waals surface area contributed by atoms with Crippen molar-refractivity contribution in [2.45, 2.75) is 25.3 Å². The molecule has 2 aliphatic rings. The third-order valence-electron chi connectivity index (χ3n) is 2.59. The highest BCUT2D eigenvalue weighted by atomic mass is 32.2. The molecular weight excluding hydrogens is 184 g/mol. The topological polar surface area (TPSA) is 33.6 Å². The van der Waals surface area contributed by atoms with Gasteiger partial charge in [0.2, 0.25) is 0 Å². The minimum atomic E-state index is 0.217. The fourth-order valence-corrected chi connectivity index (χ4v) is 2.49. The smallest absolute Gasteiger partial charge is 0.157 e. The molecule has 0 saturated carbocycles. The normalized spacial score (nSPS) is 27.0. The molecule has 2 rings (SSSR count). The zero-order valence-corrected chi connectivity index (χ0v) is 8.82. The van der Waals surface area contributed by atoms with Crippen molar-refractivity contribution in [2.24, 2.45) is 4.99 Å². The average molecular weight is 200 g/mol. The van der Waals surface area contributed by atoms with Crippen molar-refractivity contribution in [2.75, 3.05) is 25.5 Å². The van der Waals surface area contributed by atoms with Gasteiger partial charge in [-0.25, -0.2) is 0 Å². The van der Waals surface area contributed by atoms with Crippen LogP contribution in [0.15, 0.2) is 4.99 Å². The van der Waals surface area contributed by atoms with Gasteiger partial charge in [-0.3, -0.25) is 4.99 Å². The van der Waals surface area contributed by atoms with Crippen molar-refractivity contribution in [1.82, 2.24) is 5.32 Å². The van der Waals surface area contributed by atoms with Gasteiger partial charge in [0.1, 0.15) is 0 Å². The maximum atomic E-state index is 5.34. The Hall–Kier alpha value is -0.220. The molecule has 1 fully saturated rings. The van der Waals surface area contributed by atoms with E-state index < -0.39 is 0 Å². The monoisotopic (exact) mass is 200 g/mol. The summed E-state index contributed by atoms with van der Waals surface area (Å²) in [4.78, 5) is 4.40. The fourth-order valence-electron chi connectivity index (χ4n) is 1.62. The molecule has 1 saturated heterocycles. The molecule has 0 aromatic carbocycles. The molecule has 0 spiro atoms. The lowest BCUT2D eigenvalue weighted by Crippen LogP contribution is -2.48. The average Bonchev–Trinajstić information content (AvgIpc) is 2.57. The minimum absolute atomic E-state index is 0.217. The first-order valence-electron chi connectivity index (χ1n) is 4.82. The van der Waals surface area contributed by atoms with Gasteiger partial charge in [0, 0.05) is 24.5 Å². The summed E-state index contributed by atoms with van der Waals surface area (Å²) >= 11 is 1.83. The number of ether oxygens (including phenoxy) is 1. The summed E-state index contributed by atoms with van der Waals surface area (Å²) in [7, 11) is 0. The molecular formula is C9H16N2OS. The Morgan fingerprint density at radius 1 is 1.46 bits per heavy atom. The van der Waals surface area contributed by atoms with Gasteiger partial charge >= 0.3 is 0 Å². The van der Waals surface area contributed by atoms with Gasteiger partial charge in [0.25, 0.3) is 0 Å². The Morgan fingerprint density at radius 3 is 2.85 bits per heavy atom. The fraction of sp³-hybridized carbons (Fsp3) is 0.889. The second kappa shape index (κ2) is 3.88. The maximum Gasteiger partial charge on any atom is 0.157 e. The summed E-state index contributed by atoms with van der Waals surface area (Å²) in [6.45, 7) is 4.99. The van der Waals surface area contributed by atoms with E-state index in [2.05, 4.69) is 17.2 Å². The van der Waals surface area contributed by atoms with Crippen LogP contribution in [0.3, 0.4) is 0 Å². The zero-order chi connectivity index (χ0) is 9.15. The van der Waals surface area contributed by atoms with Gasteiger partial charge in [0.15, 0.2) is 5.17 Å². The van der Waals surface area contributed by atoms with Crippen LogP contribution in [0.2, 0.25) is 0 Å². The second-order valence-corrected chi connectivity index (χ2v) is 4.92. The van der Waals surface area contributed by atoms with E-state index in [0.29, 0.717) is 0 Å². The second-order valence-electron chi connectivity index (χ2n) is 3.83. The van der Waals surface area contributed by atoms with Crippen LogP contribution in [0.5, 0.6) is 0 Å². The molecule has 74 valence electrons. The Bertz CT molecular complexity index is 212. The molecule has 0 radical (unpaired) electrons. The molecule has 4 heteroatoms. The Kier molecular flexibility index (Phi) is 2.79. The molecule has 13 heavy (non-hydrogen) atoms. The van der Waals surface area contributed by atoms with Gasteiger partial charge in [-0.15, -0.1) is 0 Å².